The van der Waals surface area contributed by atoms with E-state index < -0.39 is 35.5 Å². The first-order valence-electron chi connectivity index (χ1n) is 4.67. The minimum atomic E-state index is -6.06. The third kappa shape index (κ3) is 2.96. The van der Waals surface area contributed by atoms with Gasteiger partial charge in [0.25, 0.3) is 0 Å². The Morgan fingerprint density at radius 3 is 1.74 bits per heavy atom. The maximum atomic E-state index is 13.1. The smallest absolute Gasteiger partial charge is 0.379 e. The average Bonchev–Trinajstić information content (AvgIpc) is 2.25. The summed E-state index contributed by atoms with van der Waals surface area (Å²) in [5, 5.41) is 8.84. The second-order valence-corrected chi connectivity index (χ2v) is 3.60. The van der Waals surface area contributed by atoms with Gasteiger partial charge in [0.15, 0.2) is 6.10 Å². The number of hydrogen-bond acceptors (Lipinski definition) is 1. The summed E-state index contributed by atoms with van der Waals surface area (Å²) < 4.78 is 99.2. The van der Waals surface area contributed by atoms with Gasteiger partial charge in [-0.25, -0.2) is 0 Å². The highest BCUT2D eigenvalue weighted by Crippen LogP contribution is 2.47. The van der Waals surface area contributed by atoms with Crippen molar-refractivity contribution in [2.75, 3.05) is 0 Å². The van der Waals surface area contributed by atoms with Gasteiger partial charge in [-0.3, -0.25) is 0 Å². The second-order valence-electron chi connectivity index (χ2n) is 3.60. The van der Waals surface area contributed by atoms with Gasteiger partial charge in [0, 0.05) is 5.56 Å². The van der Waals surface area contributed by atoms with Crippen molar-refractivity contribution >= 4 is 0 Å². The minimum Gasteiger partial charge on any atom is -0.379 e. The SMILES string of the molecule is OC(c1ccccc1C(F)(F)C(F)(F)F)C(F)(F)F. The monoisotopic (exact) mass is 294 g/mol. The fraction of sp³-hybridized carbons (Fsp3) is 0.400. The first-order chi connectivity index (χ1) is 8.39. The van der Waals surface area contributed by atoms with Crippen LogP contribution in [0.3, 0.4) is 0 Å². The lowest BCUT2D eigenvalue weighted by molar-refractivity contribution is -0.290. The van der Waals surface area contributed by atoms with Crippen LogP contribution < -0.4 is 0 Å². The second kappa shape index (κ2) is 4.62. The lowest BCUT2D eigenvalue weighted by atomic mass is 9.97. The number of aliphatic hydroxyl groups is 1. The van der Waals surface area contributed by atoms with Gasteiger partial charge in [0.1, 0.15) is 0 Å². The Morgan fingerprint density at radius 2 is 1.32 bits per heavy atom. The summed E-state index contributed by atoms with van der Waals surface area (Å²) in [6.45, 7) is 0. The third-order valence-corrected chi connectivity index (χ3v) is 2.26. The molecule has 0 amide bonds. The minimum absolute atomic E-state index is 0.192. The van der Waals surface area contributed by atoms with E-state index >= 15 is 0 Å². The molecule has 1 atom stereocenters. The number of alkyl halides is 8. The molecule has 1 N–H and O–H groups in total. The van der Waals surface area contributed by atoms with Crippen LogP contribution in [0.1, 0.15) is 17.2 Å². The molecule has 0 heterocycles. The molecule has 9 heteroatoms. The summed E-state index contributed by atoms with van der Waals surface area (Å²) in [6.07, 6.45) is -14.8. The van der Waals surface area contributed by atoms with Crippen LogP contribution in [0.5, 0.6) is 0 Å². The van der Waals surface area contributed by atoms with Crippen LogP contribution >= 0.6 is 0 Å². The van der Waals surface area contributed by atoms with Gasteiger partial charge < -0.3 is 5.11 Å². The number of benzene rings is 1. The van der Waals surface area contributed by atoms with Gasteiger partial charge >= 0.3 is 18.3 Å². The molecule has 0 radical (unpaired) electrons. The zero-order valence-electron chi connectivity index (χ0n) is 8.86. The Hall–Kier alpha value is -1.38. The van der Waals surface area contributed by atoms with Crippen LogP contribution in [0.15, 0.2) is 24.3 Å². The van der Waals surface area contributed by atoms with E-state index in [4.69, 9.17) is 5.11 Å². The lowest BCUT2D eigenvalue weighted by Gasteiger charge is -2.25. The largest absolute Gasteiger partial charge is 0.458 e. The molecule has 1 aromatic rings. The summed E-state index contributed by atoms with van der Waals surface area (Å²) in [7, 11) is 0. The molecule has 108 valence electrons. The zero-order chi connectivity index (χ0) is 15.1. The average molecular weight is 294 g/mol. The van der Waals surface area contributed by atoms with Gasteiger partial charge in [-0.1, -0.05) is 24.3 Å². The molecule has 0 saturated carbocycles. The molecule has 0 aromatic heterocycles. The van der Waals surface area contributed by atoms with Crippen LogP contribution in [0.2, 0.25) is 0 Å². The Labute approximate surface area is 101 Å². The first kappa shape index (κ1) is 15.7. The quantitative estimate of drug-likeness (QED) is 0.819. The predicted octanol–water partition coefficient (Wildman–Crippen LogP) is 3.94. The fourth-order valence-electron chi connectivity index (χ4n) is 1.35. The van der Waals surface area contributed by atoms with E-state index in [1.165, 1.54) is 0 Å². The van der Waals surface area contributed by atoms with E-state index in [-0.39, 0.29) is 6.07 Å². The van der Waals surface area contributed by atoms with Gasteiger partial charge in [0.2, 0.25) is 0 Å². The topological polar surface area (TPSA) is 20.2 Å². The van der Waals surface area contributed by atoms with Crippen molar-refractivity contribution in [3.8, 4) is 0 Å². The Bertz CT molecular complexity index is 448. The molecule has 0 aliphatic carbocycles. The van der Waals surface area contributed by atoms with Crippen molar-refractivity contribution in [3.05, 3.63) is 35.4 Å². The molecule has 0 bridgehead atoms. The molecule has 0 fully saturated rings. The highest BCUT2D eigenvalue weighted by Gasteiger charge is 2.60. The Morgan fingerprint density at radius 1 is 0.842 bits per heavy atom. The Kier molecular flexibility index (Phi) is 3.81. The fourth-order valence-corrected chi connectivity index (χ4v) is 1.35. The molecule has 0 spiro atoms. The maximum absolute atomic E-state index is 13.1. The summed E-state index contributed by atoms with van der Waals surface area (Å²) in [5.74, 6) is -5.49. The molecule has 1 rings (SSSR count). The van der Waals surface area contributed by atoms with E-state index in [1.807, 2.05) is 0 Å². The normalized spacial score (nSPS) is 15.4. The van der Waals surface area contributed by atoms with Gasteiger partial charge in [0.05, 0.1) is 0 Å². The number of halogens is 8. The summed E-state index contributed by atoms with van der Waals surface area (Å²) >= 11 is 0. The van der Waals surface area contributed by atoms with E-state index in [0.29, 0.717) is 6.07 Å². The number of rotatable bonds is 2. The standard InChI is InChI=1S/C10H6F8O/c11-8(12,10(16,17)18)6-4-2-1-3-5(6)7(19)9(13,14)15/h1-4,7,19H. The third-order valence-electron chi connectivity index (χ3n) is 2.26. The van der Waals surface area contributed by atoms with Crippen LogP contribution in [0.4, 0.5) is 35.1 Å². The van der Waals surface area contributed by atoms with Crippen molar-refractivity contribution in [1.29, 1.82) is 0 Å². The molecule has 0 aliphatic rings. The summed E-state index contributed by atoms with van der Waals surface area (Å²) in [5.41, 5.74) is -3.45. The molecule has 0 aliphatic heterocycles. The molecule has 1 nitrogen and oxygen atoms in total. The van der Waals surface area contributed by atoms with Crippen molar-refractivity contribution in [2.24, 2.45) is 0 Å². The van der Waals surface area contributed by atoms with Gasteiger partial charge in [-0.2, -0.15) is 35.1 Å². The number of aliphatic hydroxyl groups excluding tert-OH is 1. The van der Waals surface area contributed by atoms with Crippen LogP contribution in [-0.4, -0.2) is 17.5 Å². The summed E-state index contributed by atoms with van der Waals surface area (Å²) in [6, 6.07) is 2.10. The van der Waals surface area contributed by atoms with Crippen molar-refractivity contribution < 1.29 is 40.2 Å². The van der Waals surface area contributed by atoms with E-state index in [9.17, 15) is 35.1 Å². The maximum Gasteiger partial charge on any atom is 0.458 e. The number of hydrogen-bond donors (Lipinski definition) is 1. The van der Waals surface area contributed by atoms with Crippen LogP contribution in [-0.2, 0) is 5.92 Å². The van der Waals surface area contributed by atoms with Crippen molar-refractivity contribution in [3.63, 3.8) is 0 Å². The molecular weight excluding hydrogens is 288 g/mol. The van der Waals surface area contributed by atoms with Crippen molar-refractivity contribution in [2.45, 2.75) is 24.4 Å². The molecule has 1 unspecified atom stereocenters. The predicted molar refractivity (Wildman–Crippen MR) is 47.4 cm³/mol. The van der Waals surface area contributed by atoms with Gasteiger partial charge in [-0.15, -0.1) is 0 Å². The lowest BCUT2D eigenvalue weighted by Crippen LogP contribution is -2.36. The van der Waals surface area contributed by atoms with E-state index in [2.05, 4.69) is 0 Å². The molecule has 0 saturated heterocycles. The van der Waals surface area contributed by atoms with Crippen LogP contribution in [0.25, 0.3) is 0 Å². The van der Waals surface area contributed by atoms with E-state index in [0.717, 1.165) is 12.1 Å². The zero-order valence-corrected chi connectivity index (χ0v) is 8.86. The molecule has 1 aromatic carbocycles. The van der Waals surface area contributed by atoms with Gasteiger partial charge in [-0.05, 0) is 5.56 Å². The van der Waals surface area contributed by atoms with Crippen LogP contribution in [0, 0.1) is 0 Å². The molecular formula is C10H6F8O. The van der Waals surface area contributed by atoms with Crippen molar-refractivity contribution in [1.82, 2.24) is 0 Å². The first-order valence-corrected chi connectivity index (χ1v) is 4.67. The Balaban J connectivity index is 3.40. The highest BCUT2D eigenvalue weighted by molar-refractivity contribution is 5.34. The molecule has 19 heavy (non-hydrogen) atoms. The van der Waals surface area contributed by atoms with E-state index in [1.54, 1.807) is 0 Å². The highest BCUT2D eigenvalue weighted by atomic mass is 19.4. The summed E-state index contributed by atoms with van der Waals surface area (Å²) in [4.78, 5) is 0.